The zero-order valence-corrected chi connectivity index (χ0v) is 20.7. The number of anilines is 1. The lowest BCUT2D eigenvalue weighted by Gasteiger charge is -2.23. The normalized spacial score (nSPS) is 20.4. The van der Waals surface area contributed by atoms with E-state index in [9.17, 15) is 19.1 Å². The molecule has 1 N–H and O–H groups in total. The van der Waals surface area contributed by atoms with Crippen LogP contribution in [0.3, 0.4) is 0 Å². The second kappa shape index (κ2) is 8.70. The monoisotopic (exact) mass is 516 g/mol. The van der Waals surface area contributed by atoms with Crippen LogP contribution in [-0.4, -0.2) is 35.0 Å². The molecule has 0 spiro atoms. The molecule has 37 heavy (non-hydrogen) atoms. The first-order valence-corrected chi connectivity index (χ1v) is 12.5. The maximum atomic E-state index is 13.8. The van der Waals surface area contributed by atoms with Crippen LogP contribution in [0.25, 0.3) is 16.0 Å². The maximum Gasteiger partial charge on any atom is 0.301 e. The fourth-order valence-electron chi connectivity index (χ4n) is 4.87. The number of methoxy groups -OCH3 is 1. The van der Waals surface area contributed by atoms with Gasteiger partial charge in [0.25, 0.3) is 5.78 Å². The lowest BCUT2D eigenvalue weighted by atomic mass is 9.94. The molecule has 186 valence electrons. The van der Waals surface area contributed by atoms with E-state index in [-0.39, 0.29) is 22.6 Å². The number of aliphatic hydroxyl groups excluding tert-OH is 1. The lowest BCUT2D eigenvalue weighted by molar-refractivity contribution is -0.132. The summed E-state index contributed by atoms with van der Waals surface area (Å²) in [6, 6.07) is 15.3. The Kier molecular flexibility index (Phi) is 5.45. The summed E-state index contributed by atoms with van der Waals surface area (Å²) in [6.07, 6.45) is 0.686. The highest BCUT2D eigenvalue weighted by atomic mass is 32.1. The van der Waals surface area contributed by atoms with Gasteiger partial charge in [0.05, 0.1) is 28.9 Å². The summed E-state index contributed by atoms with van der Waals surface area (Å²) < 4.78 is 25.5. The molecule has 0 saturated carbocycles. The van der Waals surface area contributed by atoms with Crippen molar-refractivity contribution in [1.82, 2.24) is 4.98 Å². The van der Waals surface area contributed by atoms with Crippen LogP contribution >= 0.6 is 11.3 Å². The fraction of sp³-hybridized carbons (Fsp3) is 0.179. The summed E-state index contributed by atoms with van der Waals surface area (Å²) in [5.74, 6) is -1.12. The van der Waals surface area contributed by atoms with Crippen molar-refractivity contribution in [3.63, 3.8) is 0 Å². The van der Waals surface area contributed by atoms with Crippen molar-refractivity contribution in [2.45, 2.75) is 25.5 Å². The molecule has 0 aliphatic carbocycles. The van der Waals surface area contributed by atoms with Gasteiger partial charge >= 0.3 is 5.91 Å². The van der Waals surface area contributed by atoms with E-state index in [4.69, 9.17) is 9.47 Å². The molecule has 1 aromatic heterocycles. The highest BCUT2D eigenvalue weighted by Gasteiger charge is 2.48. The van der Waals surface area contributed by atoms with Crippen molar-refractivity contribution in [3.8, 4) is 11.5 Å². The third kappa shape index (κ3) is 3.82. The third-order valence-electron chi connectivity index (χ3n) is 6.57. The van der Waals surface area contributed by atoms with Crippen LogP contribution in [0.2, 0.25) is 0 Å². The van der Waals surface area contributed by atoms with Gasteiger partial charge in [-0.05, 0) is 66.6 Å². The summed E-state index contributed by atoms with van der Waals surface area (Å²) >= 11 is 1.10. The number of aromatic nitrogens is 1. The third-order valence-corrected chi connectivity index (χ3v) is 7.59. The van der Waals surface area contributed by atoms with E-state index in [0.29, 0.717) is 33.5 Å². The average molecular weight is 517 g/mol. The maximum absolute atomic E-state index is 13.8. The van der Waals surface area contributed by atoms with Crippen LogP contribution < -0.4 is 14.4 Å². The molecule has 7 nitrogen and oxygen atoms in total. The van der Waals surface area contributed by atoms with Crippen molar-refractivity contribution < 1.29 is 28.6 Å². The highest BCUT2D eigenvalue weighted by Crippen LogP contribution is 2.45. The topological polar surface area (TPSA) is 89.0 Å². The van der Waals surface area contributed by atoms with Gasteiger partial charge in [-0.1, -0.05) is 23.5 Å². The Morgan fingerprint density at radius 2 is 2.00 bits per heavy atom. The van der Waals surface area contributed by atoms with Crippen molar-refractivity contribution in [2.24, 2.45) is 0 Å². The number of rotatable bonds is 4. The predicted molar refractivity (Wildman–Crippen MR) is 138 cm³/mol. The van der Waals surface area contributed by atoms with Crippen LogP contribution in [-0.2, 0) is 16.0 Å². The Bertz CT molecular complexity index is 1630. The number of carbonyl (C=O) groups is 2. The molecule has 1 amide bonds. The number of hydrogen-bond donors (Lipinski definition) is 1. The number of halogens is 1. The van der Waals surface area contributed by atoms with Gasteiger partial charge in [-0.2, -0.15) is 0 Å². The van der Waals surface area contributed by atoms with E-state index in [2.05, 4.69) is 4.98 Å². The van der Waals surface area contributed by atoms with E-state index in [0.717, 1.165) is 22.6 Å². The minimum absolute atomic E-state index is 0.0126. The van der Waals surface area contributed by atoms with Gasteiger partial charge in [-0.15, -0.1) is 0 Å². The number of ketones is 1. The molecule has 9 heteroatoms. The molecule has 6 rings (SSSR count). The first-order valence-electron chi connectivity index (χ1n) is 11.6. The number of nitrogens with zero attached hydrogens (tertiary/aromatic N) is 2. The Balaban J connectivity index is 1.54. The van der Waals surface area contributed by atoms with Crippen molar-refractivity contribution >= 4 is 44.1 Å². The van der Waals surface area contributed by atoms with Crippen molar-refractivity contribution in [2.75, 3.05) is 12.0 Å². The van der Waals surface area contributed by atoms with Gasteiger partial charge in [0.1, 0.15) is 29.2 Å². The second-order valence-electron chi connectivity index (χ2n) is 9.01. The number of amides is 1. The Hall–Kier alpha value is -4.24. The minimum Gasteiger partial charge on any atom is -0.507 e. The quantitative estimate of drug-likeness (QED) is 0.222. The Labute approximate surface area is 215 Å². The van der Waals surface area contributed by atoms with Crippen molar-refractivity contribution in [3.05, 3.63) is 88.7 Å². The minimum atomic E-state index is -0.969. The van der Waals surface area contributed by atoms with Crippen LogP contribution in [0.15, 0.2) is 66.2 Å². The number of aliphatic hydroxyl groups is 1. The summed E-state index contributed by atoms with van der Waals surface area (Å²) in [7, 11) is 1.52. The molecule has 1 fully saturated rings. The van der Waals surface area contributed by atoms with Gasteiger partial charge in [0.2, 0.25) is 0 Å². The molecule has 2 unspecified atom stereocenters. The first-order chi connectivity index (χ1) is 17.8. The van der Waals surface area contributed by atoms with Crippen molar-refractivity contribution in [1.29, 1.82) is 0 Å². The number of ether oxygens (including phenoxy) is 2. The molecular weight excluding hydrogens is 495 g/mol. The van der Waals surface area contributed by atoms with E-state index in [1.165, 1.54) is 30.2 Å². The zero-order chi connectivity index (χ0) is 25.8. The molecule has 4 aromatic rings. The number of benzene rings is 3. The van der Waals surface area contributed by atoms with E-state index in [1.54, 1.807) is 42.5 Å². The standard InChI is InChI=1S/C28H21FN2O5S/c1-14-10-17-11-16(6-9-21(17)36-14)25(32)23-24(15-4-3-5-19(12-15)35-2)31(27(34)26(23)33)28-30-20-8-7-18(29)13-22(20)37-28/h3-9,11-14,24,32H,10H2,1-2H3. The van der Waals surface area contributed by atoms with Gasteiger partial charge in [-0.25, -0.2) is 9.37 Å². The molecule has 0 radical (unpaired) electrons. The molecule has 3 aromatic carbocycles. The van der Waals surface area contributed by atoms with E-state index in [1.807, 2.05) is 6.92 Å². The highest BCUT2D eigenvalue weighted by molar-refractivity contribution is 7.22. The van der Waals surface area contributed by atoms with E-state index >= 15 is 0 Å². The summed E-state index contributed by atoms with van der Waals surface area (Å²) in [5.41, 5.74) is 2.32. The van der Waals surface area contributed by atoms with Crippen LogP contribution in [0, 0.1) is 5.82 Å². The van der Waals surface area contributed by atoms with Gasteiger partial charge in [0.15, 0.2) is 5.13 Å². The summed E-state index contributed by atoms with van der Waals surface area (Å²) in [6.45, 7) is 1.96. The predicted octanol–water partition coefficient (Wildman–Crippen LogP) is 5.39. The number of Topliss-reactive ketones (excluding diaryl/α,β-unsaturated/α-hetero) is 1. The van der Waals surface area contributed by atoms with Gasteiger partial charge in [-0.3, -0.25) is 14.5 Å². The largest absolute Gasteiger partial charge is 0.507 e. The van der Waals surface area contributed by atoms with Gasteiger partial charge < -0.3 is 14.6 Å². The van der Waals surface area contributed by atoms with Crippen LogP contribution in [0.5, 0.6) is 11.5 Å². The van der Waals surface area contributed by atoms with Crippen LogP contribution in [0.1, 0.15) is 29.7 Å². The number of thiazole rings is 1. The fourth-order valence-corrected chi connectivity index (χ4v) is 5.89. The molecule has 1 saturated heterocycles. The molecule has 2 aliphatic rings. The van der Waals surface area contributed by atoms with Crippen LogP contribution in [0.4, 0.5) is 9.52 Å². The number of carbonyl (C=O) groups excluding carboxylic acids is 2. The number of fused-ring (bicyclic) bond motifs is 2. The Morgan fingerprint density at radius 1 is 1.16 bits per heavy atom. The molecule has 3 heterocycles. The average Bonchev–Trinajstić information content (AvgIpc) is 3.55. The Morgan fingerprint density at radius 3 is 2.81 bits per heavy atom. The second-order valence-corrected chi connectivity index (χ2v) is 10.0. The lowest BCUT2D eigenvalue weighted by Crippen LogP contribution is -2.29. The SMILES string of the molecule is COc1cccc(C2C(=C(O)c3ccc4c(c3)CC(C)O4)C(=O)C(=O)N2c2nc3ccc(F)cc3s2)c1. The number of hydrogen-bond acceptors (Lipinski definition) is 7. The molecule has 2 aliphatic heterocycles. The summed E-state index contributed by atoms with van der Waals surface area (Å²) in [4.78, 5) is 32.7. The van der Waals surface area contributed by atoms with Gasteiger partial charge in [0, 0.05) is 12.0 Å². The molecule has 0 bridgehead atoms. The molecule has 2 atom stereocenters. The smallest absolute Gasteiger partial charge is 0.301 e. The summed E-state index contributed by atoms with van der Waals surface area (Å²) in [5, 5.41) is 11.7. The molecular formula is C28H21FN2O5S. The first kappa shape index (κ1) is 23.2. The van der Waals surface area contributed by atoms with E-state index < -0.39 is 23.5 Å². The zero-order valence-electron chi connectivity index (χ0n) is 19.9.